The number of hydrogen-bond acceptors (Lipinski definition) is 3. The van der Waals surface area contributed by atoms with E-state index in [0.717, 1.165) is 16.3 Å². The van der Waals surface area contributed by atoms with Gasteiger partial charge >= 0.3 is 5.97 Å². The van der Waals surface area contributed by atoms with Crippen molar-refractivity contribution in [2.24, 2.45) is 5.92 Å². The minimum absolute atomic E-state index is 0.0235. The smallest absolute Gasteiger partial charge is 0.320 e. The first kappa shape index (κ1) is 14.3. The summed E-state index contributed by atoms with van der Waals surface area (Å²) in [5.74, 6) is -0.714. The van der Waals surface area contributed by atoms with Crippen LogP contribution in [0.1, 0.15) is 19.4 Å². The van der Waals surface area contributed by atoms with Gasteiger partial charge in [0.2, 0.25) is 0 Å². The summed E-state index contributed by atoms with van der Waals surface area (Å²) < 4.78 is 0. The van der Waals surface area contributed by atoms with Gasteiger partial charge in [-0.05, 0) is 22.8 Å². The quantitative estimate of drug-likeness (QED) is 0.783. The molecule has 0 aliphatic heterocycles. The molecule has 4 nitrogen and oxygen atoms in total. The van der Waals surface area contributed by atoms with Gasteiger partial charge in [0.15, 0.2) is 0 Å². The number of aromatic hydroxyl groups is 1. The van der Waals surface area contributed by atoms with Gasteiger partial charge in [0.1, 0.15) is 11.8 Å². The molecule has 2 aromatic carbocycles. The van der Waals surface area contributed by atoms with Gasteiger partial charge in [0, 0.05) is 12.1 Å². The number of hydrogen-bond donors (Lipinski definition) is 3. The lowest BCUT2D eigenvalue weighted by Crippen LogP contribution is -2.40. The summed E-state index contributed by atoms with van der Waals surface area (Å²) in [5.41, 5.74) is 0.731. The maximum absolute atomic E-state index is 11.2. The predicted molar refractivity (Wildman–Crippen MR) is 78.7 cm³/mol. The molecule has 0 radical (unpaired) electrons. The zero-order chi connectivity index (χ0) is 14.7. The zero-order valence-electron chi connectivity index (χ0n) is 11.6. The Morgan fingerprint density at radius 2 is 1.90 bits per heavy atom. The van der Waals surface area contributed by atoms with E-state index in [1.54, 1.807) is 6.07 Å². The summed E-state index contributed by atoms with van der Waals surface area (Å²) in [6, 6.07) is 10.6. The molecule has 20 heavy (non-hydrogen) atoms. The second kappa shape index (κ2) is 5.92. The zero-order valence-corrected chi connectivity index (χ0v) is 11.6. The highest BCUT2D eigenvalue weighted by Gasteiger charge is 2.21. The van der Waals surface area contributed by atoms with E-state index in [-0.39, 0.29) is 11.7 Å². The maximum Gasteiger partial charge on any atom is 0.320 e. The van der Waals surface area contributed by atoms with Crippen molar-refractivity contribution in [3.05, 3.63) is 42.0 Å². The van der Waals surface area contributed by atoms with Crippen LogP contribution in [-0.2, 0) is 11.3 Å². The molecular formula is C16H19NO3. The van der Waals surface area contributed by atoms with Gasteiger partial charge in [-0.1, -0.05) is 44.2 Å². The topological polar surface area (TPSA) is 69.6 Å². The van der Waals surface area contributed by atoms with Crippen molar-refractivity contribution in [3.8, 4) is 5.75 Å². The van der Waals surface area contributed by atoms with Gasteiger partial charge < -0.3 is 10.2 Å². The molecule has 0 aliphatic rings. The summed E-state index contributed by atoms with van der Waals surface area (Å²) >= 11 is 0. The molecule has 2 aromatic rings. The standard InChI is InChI=1S/C16H19NO3/c1-10(2)15(16(19)20)17-9-13-12-6-4-3-5-11(12)7-8-14(13)18/h3-8,10,15,17-18H,9H2,1-2H3,(H,19,20). The Balaban J connectivity index is 2.29. The minimum atomic E-state index is -0.875. The largest absolute Gasteiger partial charge is 0.508 e. The average Bonchev–Trinajstić information content (AvgIpc) is 2.40. The lowest BCUT2D eigenvalue weighted by Gasteiger charge is -2.19. The second-order valence-corrected chi connectivity index (χ2v) is 5.23. The number of benzene rings is 2. The molecule has 3 N–H and O–H groups in total. The van der Waals surface area contributed by atoms with Crippen LogP contribution in [0.25, 0.3) is 10.8 Å². The van der Waals surface area contributed by atoms with Crippen LogP contribution in [0.3, 0.4) is 0 Å². The van der Waals surface area contributed by atoms with Crippen molar-refractivity contribution >= 4 is 16.7 Å². The molecule has 4 heteroatoms. The van der Waals surface area contributed by atoms with Crippen molar-refractivity contribution in [2.45, 2.75) is 26.4 Å². The molecule has 0 saturated carbocycles. The van der Waals surface area contributed by atoms with Crippen LogP contribution in [0.5, 0.6) is 5.75 Å². The van der Waals surface area contributed by atoms with Gasteiger partial charge in [0.25, 0.3) is 0 Å². The van der Waals surface area contributed by atoms with Crippen molar-refractivity contribution in [2.75, 3.05) is 0 Å². The lowest BCUT2D eigenvalue weighted by molar-refractivity contribution is -0.140. The molecule has 0 amide bonds. The Bertz CT molecular complexity index is 622. The molecule has 106 valence electrons. The van der Waals surface area contributed by atoms with Crippen LogP contribution in [0, 0.1) is 5.92 Å². The van der Waals surface area contributed by atoms with Crippen LogP contribution in [0.15, 0.2) is 36.4 Å². The SMILES string of the molecule is CC(C)C(NCc1c(O)ccc2ccccc12)C(=O)O. The fraction of sp³-hybridized carbons (Fsp3) is 0.312. The first-order valence-corrected chi connectivity index (χ1v) is 6.66. The molecule has 1 atom stereocenters. The van der Waals surface area contributed by atoms with Crippen molar-refractivity contribution in [1.82, 2.24) is 5.32 Å². The summed E-state index contributed by atoms with van der Waals surface area (Å²) in [6.07, 6.45) is 0. The van der Waals surface area contributed by atoms with E-state index < -0.39 is 12.0 Å². The Hall–Kier alpha value is -2.07. The van der Waals surface area contributed by atoms with E-state index in [4.69, 9.17) is 0 Å². The van der Waals surface area contributed by atoms with Crippen LogP contribution >= 0.6 is 0 Å². The van der Waals surface area contributed by atoms with E-state index in [2.05, 4.69) is 5.32 Å². The number of nitrogens with one attached hydrogen (secondary N) is 1. The van der Waals surface area contributed by atoms with Crippen LogP contribution < -0.4 is 5.32 Å². The summed E-state index contributed by atoms with van der Waals surface area (Å²) in [5, 5.41) is 24.2. The van der Waals surface area contributed by atoms with Gasteiger partial charge in [-0.25, -0.2) is 0 Å². The molecular weight excluding hydrogens is 254 g/mol. The highest BCUT2D eigenvalue weighted by Crippen LogP contribution is 2.27. The summed E-state index contributed by atoms with van der Waals surface area (Å²) in [4.78, 5) is 11.2. The van der Waals surface area contributed by atoms with Crippen LogP contribution in [0.4, 0.5) is 0 Å². The van der Waals surface area contributed by atoms with Gasteiger partial charge in [-0.3, -0.25) is 10.1 Å². The van der Waals surface area contributed by atoms with E-state index in [9.17, 15) is 15.0 Å². The highest BCUT2D eigenvalue weighted by molar-refractivity contribution is 5.87. The fourth-order valence-electron chi connectivity index (χ4n) is 2.33. The number of carboxylic acids is 1. The number of phenolic OH excluding ortho intramolecular Hbond substituents is 1. The Morgan fingerprint density at radius 3 is 2.55 bits per heavy atom. The van der Waals surface area contributed by atoms with Crippen LogP contribution in [-0.4, -0.2) is 22.2 Å². The van der Waals surface area contributed by atoms with Gasteiger partial charge in [-0.15, -0.1) is 0 Å². The van der Waals surface area contributed by atoms with Crippen molar-refractivity contribution in [3.63, 3.8) is 0 Å². The number of aliphatic carboxylic acids is 1. The third-order valence-electron chi connectivity index (χ3n) is 3.45. The molecule has 1 unspecified atom stereocenters. The molecule has 0 bridgehead atoms. The second-order valence-electron chi connectivity index (χ2n) is 5.23. The Morgan fingerprint density at radius 1 is 1.20 bits per heavy atom. The summed E-state index contributed by atoms with van der Waals surface area (Å²) in [7, 11) is 0. The number of rotatable bonds is 5. The molecule has 0 heterocycles. The van der Waals surface area contributed by atoms with E-state index in [0.29, 0.717) is 6.54 Å². The molecule has 0 fully saturated rings. The number of carbonyl (C=O) groups is 1. The van der Waals surface area contributed by atoms with E-state index in [1.165, 1.54) is 0 Å². The molecule has 0 aromatic heterocycles. The van der Waals surface area contributed by atoms with Crippen molar-refractivity contribution in [1.29, 1.82) is 0 Å². The van der Waals surface area contributed by atoms with Crippen LogP contribution in [0.2, 0.25) is 0 Å². The first-order valence-electron chi connectivity index (χ1n) is 6.66. The maximum atomic E-state index is 11.2. The third-order valence-corrected chi connectivity index (χ3v) is 3.45. The molecule has 2 rings (SSSR count). The number of phenols is 1. The lowest BCUT2D eigenvalue weighted by atomic mass is 10.0. The minimum Gasteiger partial charge on any atom is -0.508 e. The third kappa shape index (κ3) is 2.91. The van der Waals surface area contributed by atoms with Gasteiger partial charge in [-0.2, -0.15) is 0 Å². The fourth-order valence-corrected chi connectivity index (χ4v) is 2.33. The highest BCUT2D eigenvalue weighted by atomic mass is 16.4. The summed E-state index contributed by atoms with van der Waals surface area (Å²) in [6.45, 7) is 4.03. The van der Waals surface area contributed by atoms with Gasteiger partial charge in [0.05, 0.1) is 0 Å². The van der Waals surface area contributed by atoms with E-state index in [1.807, 2.05) is 44.2 Å². The number of fused-ring (bicyclic) bond motifs is 1. The number of carboxylic acid groups (broad SMARTS) is 1. The predicted octanol–water partition coefficient (Wildman–Crippen LogP) is 2.74. The molecule has 0 saturated heterocycles. The Labute approximate surface area is 118 Å². The molecule has 0 spiro atoms. The first-order chi connectivity index (χ1) is 9.50. The van der Waals surface area contributed by atoms with Crippen molar-refractivity contribution < 1.29 is 15.0 Å². The Kier molecular flexibility index (Phi) is 4.25. The normalized spacial score (nSPS) is 12.8. The van der Waals surface area contributed by atoms with E-state index >= 15 is 0 Å². The average molecular weight is 273 g/mol. The monoisotopic (exact) mass is 273 g/mol. The molecule has 0 aliphatic carbocycles.